The van der Waals surface area contributed by atoms with Gasteiger partial charge in [-0.05, 0) is 132 Å². The summed E-state index contributed by atoms with van der Waals surface area (Å²) in [7, 11) is -1.97. The summed E-state index contributed by atoms with van der Waals surface area (Å²) in [6.07, 6.45) is 6.96. The average molecular weight is 1440 g/mol. The van der Waals surface area contributed by atoms with Gasteiger partial charge >= 0.3 is 42.1 Å². The molecule has 9 heterocycles. The molecule has 0 aliphatic carbocycles. The van der Waals surface area contributed by atoms with Crippen LogP contribution in [0.3, 0.4) is 0 Å². The molecule has 5 aromatic rings. The maximum absolute atomic E-state index is 9.32. The van der Waals surface area contributed by atoms with Crippen molar-refractivity contribution in [2.45, 2.75) is 286 Å². The summed E-state index contributed by atoms with van der Waals surface area (Å²) in [5, 5.41) is 41.4. The predicted octanol–water partition coefficient (Wildman–Crippen LogP) is 15.6. The molecule has 1 aromatic heterocycles. The number of hydrogen-bond donors (Lipinski definition) is 5. The van der Waals surface area contributed by atoms with Crippen LogP contribution in [0.1, 0.15) is 244 Å². The van der Waals surface area contributed by atoms with Crippen LogP contribution in [0.2, 0.25) is 33.6 Å². The molecule has 1 unspecified atom stereocenters. The van der Waals surface area contributed by atoms with Crippen molar-refractivity contribution in [1.82, 2.24) is 26.1 Å². The Morgan fingerprint density at radius 1 is 0.495 bits per heavy atom. The van der Waals surface area contributed by atoms with Gasteiger partial charge in [-0.2, -0.15) is 10.2 Å². The van der Waals surface area contributed by atoms with E-state index in [4.69, 9.17) is 37.4 Å². The zero-order valence-electron chi connectivity index (χ0n) is 70.3. The van der Waals surface area contributed by atoms with Crippen LogP contribution >= 0.6 is 0 Å². The quantitative estimate of drug-likeness (QED) is 0.0909. The van der Waals surface area contributed by atoms with Crippen molar-refractivity contribution in [2.24, 2.45) is 31.6 Å². The van der Waals surface area contributed by atoms with Crippen molar-refractivity contribution in [3.63, 3.8) is 0 Å². The average Bonchev–Trinajstić information content (AvgIpc) is 1.72. The maximum Gasteiger partial charge on any atom is 0.527 e. The van der Waals surface area contributed by atoms with Gasteiger partial charge in [0.15, 0.2) is 11.7 Å². The highest BCUT2D eigenvalue weighted by atomic mass is 16.7. The van der Waals surface area contributed by atoms with Crippen LogP contribution in [0, 0.1) is 21.7 Å². The molecule has 8 aliphatic rings. The van der Waals surface area contributed by atoms with Crippen LogP contribution in [0.5, 0.6) is 11.5 Å². The lowest BCUT2D eigenvalue weighted by atomic mass is 9.63. The molecule has 0 bridgehead atoms. The normalized spacial score (nSPS) is 17.3. The van der Waals surface area contributed by atoms with Crippen LogP contribution < -0.4 is 25.7 Å². The van der Waals surface area contributed by atoms with E-state index in [1.54, 1.807) is 0 Å². The molecule has 0 saturated carbocycles. The molecule has 13 rings (SSSR count). The Kier molecular flexibility index (Phi) is 31.1. The smallest absolute Gasteiger partial charge is 0.527 e. The Bertz CT molecular complexity index is 3630. The van der Waals surface area contributed by atoms with E-state index in [1.807, 2.05) is 57.9 Å². The summed E-state index contributed by atoms with van der Waals surface area (Å²) in [5.74, 6) is 4.60. The second-order valence-corrected chi connectivity index (χ2v) is 38.0. The Balaban J connectivity index is 0.000000213. The number of H-pyrrole nitrogens is 1. The molecule has 0 amide bonds. The lowest BCUT2D eigenvalue weighted by Crippen LogP contribution is -2.30. The van der Waals surface area contributed by atoms with Gasteiger partial charge in [-0.3, -0.25) is 4.99 Å². The number of nitrogens with zero attached hydrogens (tertiary/aromatic N) is 5. The van der Waals surface area contributed by atoms with Crippen molar-refractivity contribution in [1.29, 1.82) is 0 Å². The zero-order valence-corrected chi connectivity index (χ0v) is 70.3. The fourth-order valence-corrected chi connectivity index (χ4v) is 11.6. The molecule has 0 spiro atoms. The molecule has 8 aliphatic heterocycles. The van der Waals surface area contributed by atoms with Crippen molar-refractivity contribution < 1.29 is 52.5 Å². The Morgan fingerprint density at radius 2 is 0.971 bits per heavy atom. The standard InChI is InChI=1S/2C12H17BO.2C11H15BO2.C8H17BO.C7H14BNO.C7H13BO2.C7H12N2O.C5H10N4/c1-12(2,3)10-5-6-11-9(7-10)8-14-13(11)4;1-12(2,3)10-6-5-9-8-14-13(4)11(9)7-10;2*1-11(2,3)9-5-4-8-7-12(13)14-10(8)6-9;1-8(2,3)7-5-6-9(4)10-7;1-7(2,3)6-9-5-8(4)10-6;1-7(2,3)6-4-5-10-8(6)9;1-5-8-6(9-10-5)7(2,3)4;1-5(2,3)4-6-8-9-7-4/h2*5-7H,8H2,1-4H3;2*4-6,13H,7H2,1-3H3;7H,5-6H2,1-4H3;5H2,1-4H3;4,9H,5H2,1-3H3;1H2,2-4H3,(H,8,9);1-3H3,(H,6,7,8,9). The molecule has 105 heavy (non-hydrogen) atoms. The highest BCUT2D eigenvalue weighted by molar-refractivity contribution is 6.68. The number of benzene rings is 4. The van der Waals surface area contributed by atoms with Crippen molar-refractivity contribution in [2.75, 3.05) is 13.1 Å². The molecule has 1 saturated heterocycles. The predicted molar refractivity (Wildman–Crippen MR) is 442 cm³/mol. The van der Waals surface area contributed by atoms with Crippen LogP contribution in [-0.2, 0) is 81.0 Å². The fraction of sp³-hybridized carbons (Fsp3) is 0.613. The first-order chi connectivity index (χ1) is 48.0. The van der Waals surface area contributed by atoms with E-state index in [-0.39, 0.29) is 64.1 Å². The van der Waals surface area contributed by atoms with Gasteiger partial charge in [0, 0.05) is 41.6 Å². The van der Waals surface area contributed by atoms with Crippen LogP contribution in [0.15, 0.2) is 107 Å². The van der Waals surface area contributed by atoms with Gasteiger partial charge in [0.05, 0.1) is 19.7 Å². The Labute approximate surface area is 636 Å². The second kappa shape index (κ2) is 36.4. The van der Waals surface area contributed by atoms with Crippen molar-refractivity contribution >= 4 is 71.7 Å². The van der Waals surface area contributed by atoms with E-state index in [0.29, 0.717) is 43.6 Å². The van der Waals surface area contributed by atoms with E-state index >= 15 is 0 Å². The summed E-state index contributed by atoms with van der Waals surface area (Å²) < 4.78 is 37.9. The number of aromatic nitrogens is 4. The topological polar surface area (TPSA) is 226 Å². The lowest BCUT2D eigenvalue weighted by molar-refractivity contribution is 0.106. The van der Waals surface area contributed by atoms with E-state index in [2.05, 4.69) is 278 Å². The summed E-state index contributed by atoms with van der Waals surface area (Å²) in [6, 6.07) is 25.8. The lowest BCUT2D eigenvalue weighted by Gasteiger charge is -2.27. The molecule has 4 aromatic carbocycles. The number of hydrogen-bond acceptors (Lipinski definition) is 17. The summed E-state index contributed by atoms with van der Waals surface area (Å²) in [6.45, 7) is 73.5. The monoisotopic (exact) mass is 1440 g/mol. The van der Waals surface area contributed by atoms with E-state index in [9.17, 15) is 15.1 Å². The Hall–Kier alpha value is -6.06. The molecule has 1 fully saturated rings. The van der Waals surface area contributed by atoms with Gasteiger partial charge in [-0.25, -0.2) is 5.48 Å². The molecule has 18 nitrogen and oxygen atoms in total. The zero-order chi connectivity index (χ0) is 79.4. The minimum Gasteiger partial charge on any atom is -0.549 e. The van der Waals surface area contributed by atoms with Gasteiger partial charge in [0.2, 0.25) is 5.88 Å². The number of aliphatic imine (C=N–C) groups is 2. The number of amidine groups is 1. The summed E-state index contributed by atoms with van der Waals surface area (Å²) >= 11 is 0. The number of nitrogens with one attached hydrogen (secondary N) is 2. The third kappa shape index (κ3) is 28.5. The van der Waals surface area contributed by atoms with Gasteiger partial charge in [0.25, 0.3) is 6.92 Å². The summed E-state index contributed by atoms with van der Waals surface area (Å²) in [4.78, 5) is 13.2. The largest absolute Gasteiger partial charge is 0.549 e. The highest BCUT2D eigenvalue weighted by Crippen LogP contribution is 2.36. The third-order valence-corrected chi connectivity index (χ3v) is 18.6. The van der Waals surface area contributed by atoms with Crippen molar-refractivity contribution in [3.8, 4) is 11.5 Å². The second-order valence-electron chi connectivity index (χ2n) is 38.0. The minimum absolute atomic E-state index is 0.00694. The number of fused-ring (bicyclic) bond motifs is 4. The van der Waals surface area contributed by atoms with Gasteiger partial charge < -0.3 is 52.5 Å². The number of hydroxylamine groups is 1. The summed E-state index contributed by atoms with van der Waals surface area (Å²) in [5.41, 5.74) is 17.8. The van der Waals surface area contributed by atoms with E-state index < -0.39 is 21.4 Å². The third-order valence-electron chi connectivity index (χ3n) is 18.6. The molecular weight excluding hydrogens is 1310 g/mol. The number of aromatic amines is 1. The van der Waals surface area contributed by atoms with Crippen molar-refractivity contribution in [3.05, 3.63) is 147 Å². The van der Waals surface area contributed by atoms with Gasteiger partial charge in [-0.1, -0.05) is 279 Å². The van der Waals surface area contributed by atoms with E-state index in [1.165, 1.54) is 57.0 Å². The maximum atomic E-state index is 9.32. The number of rotatable bonds is 0. The number of allylic oxidation sites excluding steroid dienone is 1. The molecule has 5 N–H and O–H groups in total. The minimum atomic E-state index is -0.667. The van der Waals surface area contributed by atoms with Crippen LogP contribution in [0.4, 0.5) is 0 Å². The van der Waals surface area contributed by atoms with Gasteiger partial charge in [0.1, 0.15) is 17.3 Å². The van der Waals surface area contributed by atoms with E-state index in [0.717, 1.165) is 65.3 Å². The van der Waals surface area contributed by atoms with Gasteiger partial charge in [-0.15, -0.1) is 10.2 Å². The molecule has 1 atom stereocenters. The number of tetrazole rings is 1. The first kappa shape index (κ1) is 89.6. The Morgan fingerprint density at radius 3 is 1.30 bits per heavy atom. The molecule has 25 heteroatoms. The molecule has 0 radical (unpaired) electrons. The first-order valence-corrected chi connectivity index (χ1v) is 37.8. The molecular formula is C80H130B7N7O11. The van der Waals surface area contributed by atoms with Crippen LogP contribution in [0.25, 0.3) is 0 Å². The fourth-order valence-electron chi connectivity index (χ4n) is 11.6. The first-order valence-electron chi connectivity index (χ1n) is 37.8. The van der Waals surface area contributed by atoms with Crippen LogP contribution in [-0.4, -0.2) is 116 Å². The SMILES string of the molecule is C=C1N=C(C(C)(C)C)NO1.CB1CCC(C(C)(C)C)O1.CB1CN=C(C(C)(C)C)O1.CB1OCc2cc(C(C)(C)C)ccc21.CB1OCc2ccc(C(C)(C)C)cc21.CC(C)(C)C1=CCOB1O.CC(C)(C)c1ccc2c(c1)OB(O)C2.CC(C)(C)c1ccc2c(c1)OB(O)C2.CC(C)(C)c1nn[nH]n1. The molecule has 572 valence electrons. The highest BCUT2D eigenvalue weighted by Gasteiger charge is 2.36.